The summed E-state index contributed by atoms with van der Waals surface area (Å²) >= 11 is 1.49. The third kappa shape index (κ3) is 3.59. The molecule has 2 fully saturated rings. The molecule has 1 spiro atoms. The fourth-order valence-corrected chi connectivity index (χ4v) is 4.71. The number of nitrogens with zero attached hydrogens (tertiary/aromatic N) is 1. The molecule has 1 aromatic carbocycles. The number of aliphatic carboxylic acids is 1. The molecule has 0 saturated carbocycles. The van der Waals surface area contributed by atoms with Gasteiger partial charge in [0.15, 0.2) is 0 Å². The number of hydrogen-bond acceptors (Lipinski definition) is 4. The van der Waals surface area contributed by atoms with Crippen LogP contribution in [0.25, 0.3) is 0 Å². The van der Waals surface area contributed by atoms with E-state index in [4.69, 9.17) is 0 Å². The van der Waals surface area contributed by atoms with E-state index >= 15 is 0 Å². The molecule has 2 heterocycles. The standard InChI is InChI=1S/C18H24N2O3S/c1-13-4-2-3-5-15(13)24-11-16(21)20-12-18(6-8-19-9-7-18)10-14(20)17(22)23/h2-5,14,19H,6-12H2,1H3,(H,22,23)/t14-/m1/s1. The van der Waals surface area contributed by atoms with E-state index in [1.165, 1.54) is 11.8 Å². The summed E-state index contributed by atoms with van der Waals surface area (Å²) in [5.41, 5.74) is 1.12. The maximum Gasteiger partial charge on any atom is 0.326 e. The van der Waals surface area contributed by atoms with Crippen LogP contribution in [0, 0.1) is 12.3 Å². The van der Waals surface area contributed by atoms with E-state index < -0.39 is 12.0 Å². The van der Waals surface area contributed by atoms with Crippen LogP contribution in [0.15, 0.2) is 29.2 Å². The van der Waals surface area contributed by atoms with Crippen molar-refractivity contribution in [2.45, 2.75) is 37.1 Å². The van der Waals surface area contributed by atoms with Crippen LogP contribution in [0.4, 0.5) is 0 Å². The Morgan fingerprint density at radius 3 is 2.71 bits per heavy atom. The lowest BCUT2D eigenvalue weighted by Crippen LogP contribution is -2.42. The predicted molar refractivity (Wildman–Crippen MR) is 94.2 cm³/mol. The minimum atomic E-state index is -0.875. The molecule has 0 unspecified atom stereocenters. The van der Waals surface area contributed by atoms with Gasteiger partial charge in [0.25, 0.3) is 0 Å². The number of carboxylic acid groups (broad SMARTS) is 1. The van der Waals surface area contributed by atoms with Crippen molar-refractivity contribution in [3.8, 4) is 0 Å². The van der Waals surface area contributed by atoms with Crippen LogP contribution in [0.3, 0.4) is 0 Å². The third-order valence-corrected chi connectivity index (χ3v) is 6.38. The molecular formula is C18H24N2O3S. The van der Waals surface area contributed by atoms with E-state index in [1.807, 2.05) is 31.2 Å². The van der Waals surface area contributed by atoms with Gasteiger partial charge in [0, 0.05) is 11.4 Å². The Kier molecular flexibility index (Phi) is 5.15. The summed E-state index contributed by atoms with van der Waals surface area (Å²) in [6, 6.07) is 7.28. The lowest BCUT2D eigenvalue weighted by molar-refractivity contribution is -0.147. The molecule has 0 radical (unpaired) electrons. The molecule has 24 heavy (non-hydrogen) atoms. The SMILES string of the molecule is Cc1ccccc1SCC(=O)N1CC2(CCNCC2)C[C@@H]1C(=O)O. The Labute approximate surface area is 146 Å². The van der Waals surface area contributed by atoms with Crippen molar-refractivity contribution in [1.82, 2.24) is 10.2 Å². The van der Waals surface area contributed by atoms with Crippen LogP contribution in [0.2, 0.25) is 0 Å². The number of aryl methyl sites for hydroxylation is 1. The molecule has 130 valence electrons. The van der Waals surface area contributed by atoms with Gasteiger partial charge in [-0.25, -0.2) is 4.79 Å². The molecule has 3 rings (SSSR count). The van der Waals surface area contributed by atoms with Gasteiger partial charge in [-0.05, 0) is 56.3 Å². The Balaban J connectivity index is 1.68. The molecule has 6 heteroatoms. The van der Waals surface area contributed by atoms with Crippen LogP contribution in [0.5, 0.6) is 0 Å². The molecule has 2 aliphatic heterocycles. The lowest BCUT2D eigenvalue weighted by atomic mass is 9.77. The van der Waals surface area contributed by atoms with Gasteiger partial charge in [0.05, 0.1) is 5.75 Å². The van der Waals surface area contributed by atoms with Crippen molar-refractivity contribution in [2.75, 3.05) is 25.4 Å². The molecule has 2 aliphatic rings. The summed E-state index contributed by atoms with van der Waals surface area (Å²) in [7, 11) is 0. The maximum absolute atomic E-state index is 12.7. The number of amides is 1. The van der Waals surface area contributed by atoms with Crippen LogP contribution < -0.4 is 5.32 Å². The van der Waals surface area contributed by atoms with Crippen LogP contribution >= 0.6 is 11.8 Å². The molecule has 5 nitrogen and oxygen atoms in total. The zero-order valence-electron chi connectivity index (χ0n) is 14.0. The summed E-state index contributed by atoms with van der Waals surface area (Å²) in [5, 5.41) is 12.9. The molecule has 2 N–H and O–H groups in total. The molecule has 1 aromatic rings. The molecule has 1 atom stereocenters. The number of carbonyl (C=O) groups is 2. The van der Waals surface area contributed by atoms with Gasteiger partial charge in [-0.3, -0.25) is 4.79 Å². The summed E-state index contributed by atoms with van der Waals surface area (Å²) in [4.78, 5) is 27.0. The van der Waals surface area contributed by atoms with Crippen molar-refractivity contribution in [3.05, 3.63) is 29.8 Å². The number of carboxylic acids is 1. The monoisotopic (exact) mass is 348 g/mol. The predicted octanol–water partition coefficient (Wildman–Crippen LogP) is 2.14. The largest absolute Gasteiger partial charge is 0.480 e. The van der Waals surface area contributed by atoms with Gasteiger partial charge >= 0.3 is 5.97 Å². The second-order valence-corrected chi connectivity index (χ2v) is 7.90. The lowest BCUT2D eigenvalue weighted by Gasteiger charge is -2.33. The average Bonchev–Trinajstić information content (AvgIpc) is 2.94. The Morgan fingerprint density at radius 1 is 1.33 bits per heavy atom. The van der Waals surface area contributed by atoms with Gasteiger partial charge in [0.1, 0.15) is 6.04 Å². The van der Waals surface area contributed by atoms with Crippen molar-refractivity contribution in [1.29, 1.82) is 0 Å². The fourth-order valence-electron chi connectivity index (χ4n) is 3.80. The second-order valence-electron chi connectivity index (χ2n) is 6.88. The van der Waals surface area contributed by atoms with E-state index in [0.717, 1.165) is 36.4 Å². The van der Waals surface area contributed by atoms with E-state index in [1.54, 1.807) is 4.90 Å². The fraction of sp³-hybridized carbons (Fsp3) is 0.556. The number of nitrogens with one attached hydrogen (secondary N) is 1. The minimum absolute atomic E-state index is 0.0166. The van der Waals surface area contributed by atoms with Crippen LogP contribution in [-0.2, 0) is 9.59 Å². The number of carbonyl (C=O) groups excluding carboxylic acids is 1. The van der Waals surface area contributed by atoms with Crippen LogP contribution in [0.1, 0.15) is 24.8 Å². The Morgan fingerprint density at radius 2 is 2.04 bits per heavy atom. The molecule has 0 bridgehead atoms. The summed E-state index contributed by atoms with van der Waals surface area (Å²) < 4.78 is 0. The summed E-state index contributed by atoms with van der Waals surface area (Å²) in [5.74, 6) is -0.645. The summed E-state index contributed by atoms with van der Waals surface area (Å²) in [6.45, 7) is 4.42. The topological polar surface area (TPSA) is 69.6 Å². The van der Waals surface area contributed by atoms with Crippen molar-refractivity contribution in [3.63, 3.8) is 0 Å². The average molecular weight is 348 g/mol. The van der Waals surface area contributed by atoms with Gasteiger partial charge in [-0.15, -0.1) is 11.8 Å². The Hall–Kier alpha value is -1.53. The zero-order chi connectivity index (χ0) is 17.2. The van der Waals surface area contributed by atoms with Crippen LogP contribution in [-0.4, -0.2) is 53.3 Å². The quantitative estimate of drug-likeness (QED) is 0.816. The highest BCUT2D eigenvalue weighted by molar-refractivity contribution is 8.00. The van der Waals surface area contributed by atoms with Gasteiger partial charge in [-0.1, -0.05) is 18.2 Å². The first kappa shape index (κ1) is 17.3. The molecular weight excluding hydrogens is 324 g/mol. The van der Waals surface area contributed by atoms with Crippen molar-refractivity contribution >= 4 is 23.6 Å². The van der Waals surface area contributed by atoms with Crippen molar-refractivity contribution in [2.24, 2.45) is 5.41 Å². The first-order valence-electron chi connectivity index (χ1n) is 8.42. The molecule has 1 amide bonds. The van der Waals surface area contributed by atoms with Gasteiger partial charge in [-0.2, -0.15) is 0 Å². The van der Waals surface area contributed by atoms with E-state index in [9.17, 15) is 14.7 Å². The molecule has 0 aliphatic carbocycles. The van der Waals surface area contributed by atoms with E-state index in [2.05, 4.69) is 5.32 Å². The first-order chi connectivity index (χ1) is 11.5. The number of thioether (sulfide) groups is 1. The molecule has 0 aromatic heterocycles. The first-order valence-corrected chi connectivity index (χ1v) is 9.41. The number of benzene rings is 1. The third-order valence-electron chi connectivity index (χ3n) is 5.22. The number of rotatable bonds is 4. The normalized spacial score (nSPS) is 22.7. The van der Waals surface area contributed by atoms with E-state index in [0.29, 0.717) is 18.7 Å². The maximum atomic E-state index is 12.7. The number of likely N-dealkylation sites (tertiary alicyclic amines) is 1. The van der Waals surface area contributed by atoms with Gasteiger partial charge < -0.3 is 15.3 Å². The number of hydrogen-bond donors (Lipinski definition) is 2. The Bertz CT molecular complexity index is 628. The minimum Gasteiger partial charge on any atom is -0.480 e. The molecule has 2 saturated heterocycles. The highest BCUT2D eigenvalue weighted by atomic mass is 32.2. The highest BCUT2D eigenvalue weighted by Gasteiger charge is 2.48. The van der Waals surface area contributed by atoms with E-state index in [-0.39, 0.29) is 11.3 Å². The van der Waals surface area contributed by atoms with Gasteiger partial charge in [0.2, 0.25) is 5.91 Å². The van der Waals surface area contributed by atoms with Crippen molar-refractivity contribution < 1.29 is 14.7 Å². The summed E-state index contributed by atoms with van der Waals surface area (Å²) in [6.07, 6.45) is 2.49. The smallest absolute Gasteiger partial charge is 0.326 e. The number of piperidine rings is 1. The highest BCUT2D eigenvalue weighted by Crippen LogP contribution is 2.42. The second kappa shape index (κ2) is 7.15. The zero-order valence-corrected chi connectivity index (χ0v) is 14.8.